The molecule has 0 bridgehead atoms. The Kier molecular flexibility index (Phi) is 5.10. The molecule has 0 spiro atoms. The van der Waals surface area contributed by atoms with E-state index in [2.05, 4.69) is 14.9 Å². The molecule has 0 saturated heterocycles. The van der Waals surface area contributed by atoms with Gasteiger partial charge in [-0.1, -0.05) is 49.3 Å². The predicted molar refractivity (Wildman–Crippen MR) is 84.1 cm³/mol. The van der Waals surface area contributed by atoms with Crippen molar-refractivity contribution in [1.29, 1.82) is 0 Å². The molecular formula is C15H19N3O3S. The third-order valence-electron chi connectivity index (χ3n) is 3.01. The highest BCUT2D eigenvalue weighted by Crippen LogP contribution is 2.21. The lowest BCUT2D eigenvalue weighted by atomic mass is 10.1. The van der Waals surface area contributed by atoms with Crippen LogP contribution in [0.15, 0.2) is 40.3 Å². The van der Waals surface area contributed by atoms with Gasteiger partial charge in [0.05, 0.1) is 0 Å². The topological polar surface area (TPSA) is 85.1 Å². The molecule has 1 heterocycles. The first-order valence-electron chi connectivity index (χ1n) is 6.93. The van der Waals surface area contributed by atoms with E-state index >= 15 is 0 Å². The lowest BCUT2D eigenvalue weighted by molar-refractivity contribution is 0.310. The average Bonchev–Trinajstić information content (AvgIpc) is 2.90. The first-order chi connectivity index (χ1) is 10.4. The number of sulfonamides is 1. The van der Waals surface area contributed by atoms with E-state index in [0.717, 1.165) is 11.0 Å². The Morgan fingerprint density at radius 2 is 1.91 bits per heavy atom. The van der Waals surface area contributed by atoms with E-state index in [1.54, 1.807) is 13.0 Å². The first-order valence-corrected chi connectivity index (χ1v) is 8.48. The van der Waals surface area contributed by atoms with Crippen LogP contribution in [0.4, 0.5) is 0 Å². The molecule has 7 heteroatoms. The third-order valence-corrected chi connectivity index (χ3v) is 4.08. The summed E-state index contributed by atoms with van der Waals surface area (Å²) >= 11 is 0. The van der Waals surface area contributed by atoms with Gasteiger partial charge in [-0.15, -0.1) is 0 Å². The van der Waals surface area contributed by atoms with Crippen LogP contribution < -0.4 is 4.72 Å². The van der Waals surface area contributed by atoms with Crippen molar-refractivity contribution in [2.24, 2.45) is 5.92 Å². The molecule has 0 aliphatic carbocycles. The number of rotatable bonds is 6. The molecule has 2 aromatic rings. The van der Waals surface area contributed by atoms with Crippen LogP contribution in [0.25, 0.3) is 6.08 Å². The minimum Gasteiger partial charge on any atom is -0.338 e. The number of hydrogen-bond donors (Lipinski definition) is 1. The average molecular weight is 321 g/mol. The fraction of sp³-hybridized carbons (Fsp3) is 0.333. The van der Waals surface area contributed by atoms with Crippen molar-refractivity contribution < 1.29 is 12.9 Å². The van der Waals surface area contributed by atoms with Crippen LogP contribution in [0.1, 0.15) is 37.2 Å². The van der Waals surface area contributed by atoms with E-state index in [-0.39, 0.29) is 11.8 Å². The molecule has 0 radical (unpaired) electrons. The zero-order valence-corrected chi connectivity index (χ0v) is 13.5. The molecule has 1 aromatic carbocycles. The molecule has 0 amide bonds. The summed E-state index contributed by atoms with van der Waals surface area (Å²) in [7, 11) is -3.62. The van der Waals surface area contributed by atoms with Crippen LogP contribution in [0.3, 0.4) is 0 Å². The molecular weight excluding hydrogens is 302 g/mol. The van der Waals surface area contributed by atoms with E-state index in [0.29, 0.717) is 5.82 Å². The molecule has 2 rings (SSSR count). The van der Waals surface area contributed by atoms with Crippen molar-refractivity contribution in [3.05, 3.63) is 53.0 Å². The van der Waals surface area contributed by atoms with Gasteiger partial charge in [0.15, 0.2) is 5.82 Å². The van der Waals surface area contributed by atoms with Crippen molar-refractivity contribution in [2.45, 2.75) is 26.8 Å². The molecule has 0 aliphatic heterocycles. The molecule has 0 aliphatic rings. The normalized spacial score (nSPS) is 13.8. The van der Waals surface area contributed by atoms with E-state index in [4.69, 9.17) is 4.52 Å². The van der Waals surface area contributed by atoms with E-state index in [1.165, 1.54) is 0 Å². The Morgan fingerprint density at radius 3 is 2.45 bits per heavy atom. The maximum absolute atomic E-state index is 12.2. The van der Waals surface area contributed by atoms with Gasteiger partial charge in [0.2, 0.25) is 15.9 Å². The Bertz CT molecular complexity index is 736. The summed E-state index contributed by atoms with van der Waals surface area (Å²) in [5.41, 5.74) is 0.808. The molecule has 0 fully saturated rings. The minimum atomic E-state index is -3.62. The van der Waals surface area contributed by atoms with Gasteiger partial charge in [-0.2, -0.15) is 9.71 Å². The van der Waals surface area contributed by atoms with Crippen LogP contribution in [-0.4, -0.2) is 18.6 Å². The molecule has 118 valence electrons. The largest absolute Gasteiger partial charge is 0.338 e. The second-order valence-electron chi connectivity index (χ2n) is 5.28. The minimum absolute atomic E-state index is 0.0280. The van der Waals surface area contributed by atoms with Crippen molar-refractivity contribution in [3.8, 4) is 0 Å². The molecule has 1 atom stereocenters. The smallest absolute Gasteiger partial charge is 0.245 e. The Labute approximate surface area is 130 Å². The van der Waals surface area contributed by atoms with E-state index in [9.17, 15) is 8.42 Å². The van der Waals surface area contributed by atoms with Gasteiger partial charge in [0, 0.05) is 5.41 Å². The number of aryl methyl sites for hydroxylation is 1. The Morgan fingerprint density at radius 1 is 1.23 bits per heavy atom. The van der Waals surface area contributed by atoms with Gasteiger partial charge in [-0.3, -0.25) is 0 Å². The summed E-state index contributed by atoms with van der Waals surface area (Å²) in [6, 6.07) is 8.65. The van der Waals surface area contributed by atoms with Crippen LogP contribution >= 0.6 is 0 Å². The van der Waals surface area contributed by atoms with Gasteiger partial charge in [0.1, 0.15) is 6.04 Å². The lowest BCUT2D eigenvalue weighted by Gasteiger charge is -2.17. The summed E-state index contributed by atoms with van der Waals surface area (Å²) in [6.07, 6.45) is 1.54. The molecule has 0 unspecified atom stereocenters. The maximum atomic E-state index is 12.2. The number of hydrogen-bond acceptors (Lipinski definition) is 5. The van der Waals surface area contributed by atoms with Crippen molar-refractivity contribution >= 4 is 16.1 Å². The summed E-state index contributed by atoms with van der Waals surface area (Å²) < 4.78 is 32.1. The van der Waals surface area contributed by atoms with Crippen LogP contribution in [0, 0.1) is 12.8 Å². The van der Waals surface area contributed by atoms with Gasteiger partial charge >= 0.3 is 0 Å². The highest BCUT2D eigenvalue weighted by Gasteiger charge is 2.25. The number of nitrogens with one attached hydrogen (secondary N) is 1. The quantitative estimate of drug-likeness (QED) is 0.884. The number of nitrogens with zero attached hydrogens (tertiary/aromatic N) is 2. The summed E-state index contributed by atoms with van der Waals surface area (Å²) in [4.78, 5) is 4.11. The van der Waals surface area contributed by atoms with Crippen LogP contribution in [0.5, 0.6) is 0 Å². The Hall–Kier alpha value is -1.99. The van der Waals surface area contributed by atoms with Gasteiger partial charge in [-0.25, -0.2) is 8.42 Å². The molecule has 1 aromatic heterocycles. The van der Waals surface area contributed by atoms with Gasteiger partial charge in [0.25, 0.3) is 0 Å². The standard InChI is InChI=1S/C15H19N3O3S/c1-11(2)14(15-16-12(3)17-21-15)18-22(19,20)10-9-13-7-5-4-6-8-13/h4-11,14,18H,1-3H3/b10-9+/t14-/m1/s1. The fourth-order valence-electron chi connectivity index (χ4n) is 1.86. The SMILES string of the molecule is Cc1noc([C@H](NS(=O)(=O)/C=C/c2ccccc2)C(C)C)n1. The van der Waals surface area contributed by atoms with Crippen LogP contribution in [-0.2, 0) is 10.0 Å². The summed E-state index contributed by atoms with van der Waals surface area (Å²) in [6.45, 7) is 5.45. The van der Waals surface area contributed by atoms with Crippen molar-refractivity contribution in [2.75, 3.05) is 0 Å². The van der Waals surface area contributed by atoms with Crippen LogP contribution in [0.2, 0.25) is 0 Å². The highest BCUT2D eigenvalue weighted by atomic mass is 32.2. The fourth-order valence-corrected chi connectivity index (χ4v) is 3.00. The second-order valence-corrected chi connectivity index (χ2v) is 6.88. The Balaban J connectivity index is 2.16. The summed E-state index contributed by atoms with van der Waals surface area (Å²) in [5.74, 6) is 0.712. The molecule has 1 N–H and O–H groups in total. The zero-order chi connectivity index (χ0) is 16.2. The third kappa shape index (κ3) is 4.51. The van der Waals surface area contributed by atoms with Crippen molar-refractivity contribution in [1.82, 2.24) is 14.9 Å². The second kappa shape index (κ2) is 6.85. The van der Waals surface area contributed by atoms with Crippen molar-refractivity contribution in [3.63, 3.8) is 0 Å². The predicted octanol–water partition coefficient (Wildman–Crippen LogP) is 2.67. The first kappa shape index (κ1) is 16.4. The molecule has 0 saturated carbocycles. The number of aromatic nitrogens is 2. The molecule has 22 heavy (non-hydrogen) atoms. The van der Waals surface area contributed by atoms with Gasteiger partial charge < -0.3 is 4.52 Å². The van der Waals surface area contributed by atoms with E-state index in [1.807, 2.05) is 44.2 Å². The monoisotopic (exact) mass is 321 g/mol. The number of benzene rings is 1. The zero-order valence-electron chi connectivity index (χ0n) is 12.7. The maximum Gasteiger partial charge on any atom is 0.245 e. The lowest BCUT2D eigenvalue weighted by Crippen LogP contribution is -2.30. The molecule has 6 nitrogen and oxygen atoms in total. The van der Waals surface area contributed by atoms with E-state index < -0.39 is 16.1 Å². The summed E-state index contributed by atoms with van der Waals surface area (Å²) in [5, 5.41) is 4.84. The van der Waals surface area contributed by atoms with Gasteiger partial charge in [-0.05, 0) is 24.5 Å². The highest BCUT2D eigenvalue weighted by molar-refractivity contribution is 7.92.